The van der Waals surface area contributed by atoms with Crippen molar-refractivity contribution in [3.05, 3.63) is 65.4 Å². The lowest BCUT2D eigenvalue weighted by Gasteiger charge is -2.44. The van der Waals surface area contributed by atoms with Gasteiger partial charge in [0.1, 0.15) is 6.07 Å². The molecular weight excluding hydrogens is 436 g/mol. The van der Waals surface area contributed by atoms with E-state index in [1.165, 1.54) is 16.8 Å². The topological polar surface area (TPSA) is 78.7 Å². The summed E-state index contributed by atoms with van der Waals surface area (Å²) in [4.78, 5) is 11.9. The molecule has 2 N–H and O–H groups in total. The molecule has 0 radical (unpaired) electrons. The van der Waals surface area contributed by atoms with Crippen molar-refractivity contribution in [1.29, 1.82) is 5.26 Å². The van der Waals surface area contributed by atoms with Gasteiger partial charge in [-0.1, -0.05) is 6.07 Å². The highest BCUT2D eigenvalue weighted by atomic mass is 16.3. The summed E-state index contributed by atoms with van der Waals surface area (Å²) < 4.78 is 0. The van der Waals surface area contributed by atoms with Crippen LogP contribution in [0.15, 0.2) is 48.7 Å². The minimum absolute atomic E-state index is 0.332. The highest BCUT2D eigenvalue weighted by Gasteiger charge is 2.39. The number of nitrogens with one attached hydrogen (secondary N) is 1. The van der Waals surface area contributed by atoms with Crippen LogP contribution < -0.4 is 15.1 Å². The van der Waals surface area contributed by atoms with Gasteiger partial charge in [-0.05, 0) is 61.4 Å². The molecule has 0 bridgehead atoms. The van der Waals surface area contributed by atoms with Crippen molar-refractivity contribution < 1.29 is 5.11 Å². The van der Waals surface area contributed by atoms with Crippen molar-refractivity contribution in [2.75, 3.05) is 49.1 Å². The highest BCUT2D eigenvalue weighted by molar-refractivity contribution is 5.95. The first-order valence-electron chi connectivity index (χ1n) is 12.5. The second kappa shape index (κ2) is 8.49. The zero-order chi connectivity index (χ0) is 24.2. The molecule has 0 saturated carbocycles. The summed E-state index contributed by atoms with van der Waals surface area (Å²) >= 11 is 0. The molecule has 3 atom stereocenters. The van der Waals surface area contributed by atoms with Crippen LogP contribution >= 0.6 is 0 Å². The Kier molecular flexibility index (Phi) is 5.41. The van der Waals surface area contributed by atoms with E-state index in [9.17, 15) is 10.4 Å². The molecule has 3 aliphatic rings. The van der Waals surface area contributed by atoms with Crippen LogP contribution in [0.2, 0.25) is 0 Å². The molecule has 35 heavy (non-hydrogen) atoms. The summed E-state index contributed by atoms with van der Waals surface area (Å²) in [5.74, 6) is 0. The maximum atomic E-state index is 10.7. The molecule has 3 aliphatic heterocycles. The molecule has 2 saturated heterocycles. The normalized spacial score (nSPS) is 26.8. The van der Waals surface area contributed by atoms with Crippen LogP contribution in [0, 0.1) is 11.3 Å². The van der Waals surface area contributed by atoms with Crippen molar-refractivity contribution in [1.82, 2.24) is 15.2 Å². The molecular formula is C28H32N6O. The second-order valence-corrected chi connectivity index (χ2v) is 10.6. The zero-order valence-corrected chi connectivity index (χ0v) is 20.4. The van der Waals surface area contributed by atoms with E-state index in [2.05, 4.69) is 68.3 Å². The predicted octanol–water partition coefficient (Wildman–Crippen LogP) is 3.03. The average molecular weight is 469 g/mol. The number of benzene rings is 2. The van der Waals surface area contributed by atoms with Gasteiger partial charge in [-0.3, -0.25) is 9.88 Å². The molecule has 3 aromatic rings. The minimum Gasteiger partial charge on any atom is -0.387 e. The van der Waals surface area contributed by atoms with Gasteiger partial charge in [-0.25, -0.2) is 0 Å². The Bertz CT molecular complexity index is 1310. The Morgan fingerprint density at radius 3 is 2.91 bits per heavy atom. The summed E-state index contributed by atoms with van der Waals surface area (Å²) in [6.45, 7) is 10.1. The van der Waals surface area contributed by atoms with Crippen molar-refractivity contribution in [3.63, 3.8) is 0 Å². The number of hydrogen-bond acceptors (Lipinski definition) is 7. The third-order valence-corrected chi connectivity index (χ3v) is 7.85. The van der Waals surface area contributed by atoms with E-state index >= 15 is 0 Å². The van der Waals surface area contributed by atoms with E-state index in [1.54, 1.807) is 6.20 Å². The van der Waals surface area contributed by atoms with Crippen LogP contribution in [-0.4, -0.2) is 65.9 Å². The van der Waals surface area contributed by atoms with Gasteiger partial charge in [0.15, 0.2) is 0 Å². The van der Waals surface area contributed by atoms with Crippen LogP contribution in [0.3, 0.4) is 0 Å². The third kappa shape index (κ3) is 3.92. The van der Waals surface area contributed by atoms with Gasteiger partial charge < -0.3 is 20.2 Å². The molecule has 0 amide bonds. The molecule has 180 valence electrons. The van der Waals surface area contributed by atoms with Crippen molar-refractivity contribution in [2.45, 2.75) is 38.1 Å². The summed E-state index contributed by atoms with van der Waals surface area (Å²) in [6.07, 6.45) is 1.76. The fourth-order valence-corrected chi connectivity index (χ4v) is 6.17. The zero-order valence-electron chi connectivity index (χ0n) is 20.4. The van der Waals surface area contributed by atoms with Crippen LogP contribution in [0.25, 0.3) is 10.9 Å². The number of aromatic nitrogens is 1. The smallest absolute Gasteiger partial charge is 0.101 e. The molecule has 1 aromatic heterocycles. The number of rotatable bonds is 2. The Morgan fingerprint density at radius 1 is 1.17 bits per heavy atom. The molecule has 2 fully saturated rings. The number of aliphatic hydroxyl groups is 1. The van der Waals surface area contributed by atoms with Crippen molar-refractivity contribution in [2.24, 2.45) is 0 Å². The monoisotopic (exact) mass is 468 g/mol. The predicted molar refractivity (Wildman–Crippen MR) is 139 cm³/mol. The Hall–Kier alpha value is -3.18. The third-order valence-electron chi connectivity index (χ3n) is 7.85. The van der Waals surface area contributed by atoms with E-state index < -0.39 is 5.60 Å². The number of hydrogen-bond donors (Lipinski definition) is 2. The number of β-amino-alcohol motifs (C(OH)–C–C–N with tert-alkyl or cyclic N) is 1. The van der Waals surface area contributed by atoms with Gasteiger partial charge in [0, 0.05) is 74.8 Å². The van der Waals surface area contributed by atoms with Crippen molar-refractivity contribution >= 4 is 22.3 Å². The summed E-state index contributed by atoms with van der Waals surface area (Å²) in [5, 5.41) is 24.6. The molecule has 7 heteroatoms. The second-order valence-electron chi connectivity index (χ2n) is 10.6. The lowest BCUT2D eigenvalue weighted by Crippen LogP contribution is -2.51. The molecule has 6 rings (SSSR count). The van der Waals surface area contributed by atoms with E-state index in [-0.39, 0.29) is 0 Å². The quantitative estimate of drug-likeness (QED) is 0.599. The first-order chi connectivity index (χ1) is 16.9. The van der Waals surface area contributed by atoms with Crippen molar-refractivity contribution in [3.8, 4) is 6.07 Å². The van der Waals surface area contributed by atoms with Gasteiger partial charge in [-0.2, -0.15) is 5.26 Å². The fraction of sp³-hybridized carbons (Fsp3) is 0.429. The molecule has 0 aliphatic carbocycles. The van der Waals surface area contributed by atoms with E-state index in [0.29, 0.717) is 30.7 Å². The molecule has 1 unspecified atom stereocenters. The fourth-order valence-electron chi connectivity index (χ4n) is 6.17. The molecule has 2 aromatic carbocycles. The number of nitriles is 1. The number of fused-ring (bicyclic) bond motifs is 4. The average Bonchev–Trinajstić information content (AvgIpc) is 3.13. The van der Waals surface area contributed by atoms with Gasteiger partial charge >= 0.3 is 0 Å². The Morgan fingerprint density at radius 2 is 2.06 bits per heavy atom. The standard InChI is InChI=1S/C28H32N6O/c1-19-14-33(25-8-5-20(13-29)27-24(25)4-3-9-31-27)16-26-23-7-6-22(12-21(23)15-34(19)26)32-11-10-30-17-28(2,35)18-32/h3-9,12,19,26,30,35H,10-11,14-18H2,1-2H3/t19-,26-,28?/m1/s1. The largest absolute Gasteiger partial charge is 0.387 e. The lowest BCUT2D eigenvalue weighted by atomic mass is 9.99. The van der Waals surface area contributed by atoms with Crippen LogP contribution in [0.4, 0.5) is 11.4 Å². The van der Waals surface area contributed by atoms with Gasteiger partial charge in [0.05, 0.1) is 22.7 Å². The molecule has 0 spiro atoms. The first kappa shape index (κ1) is 22.3. The van der Waals surface area contributed by atoms with Crippen LogP contribution in [-0.2, 0) is 6.54 Å². The molecule has 7 nitrogen and oxygen atoms in total. The number of anilines is 2. The molecule has 4 heterocycles. The van der Waals surface area contributed by atoms with Crippen LogP contribution in [0.5, 0.6) is 0 Å². The Balaban J connectivity index is 1.31. The van der Waals surface area contributed by atoms with E-state index in [0.717, 1.165) is 49.3 Å². The first-order valence-corrected chi connectivity index (χ1v) is 12.5. The number of pyridine rings is 1. The number of nitrogens with zero attached hydrogens (tertiary/aromatic N) is 5. The minimum atomic E-state index is -0.735. The van der Waals surface area contributed by atoms with Gasteiger partial charge in [-0.15, -0.1) is 0 Å². The maximum absolute atomic E-state index is 10.7. The summed E-state index contributed by atoms with van der Waals surface area (Å²) in [7, 11) is 0. The SMILES string of the molecule is C[C@@H]1CN(c2ccc(C#N)c3ncccc23)C[C@@H]2c3ccc(N4CCNCC(C)(O)C4)cc3CN12. The van der Waals surface area contributed by atoms with E-state index in [1.807, 2.05) is 19.1 Å². The summed E-state index contributed by atoms with van der Waals surface area (Å²) in [6, 6.07) is 17.9. The Labute approximate surface area is 206 Å². The van der Waals surface area contributed by atoms with E-state index in [4.69, 9.17) is 0 Å². The number of piperazine rings is 1. The highest BCUT2D eigenvalue weighted by Crippen LogP contribution is 2.42. The lowest BCUT2D eigenvalue weighted by molar-refractivity contribution is 0.0729. The summed E-state index contributed by atoms with van der Waals surface area (Å²) in [5.41, 5.74) is 5.81. The van der Waals surface area contributed by atoms with Crippen LogP contribution in [0.1, 0.15) is 36.6 Å². The van der Waals surface area contributed by atoms with Gasteiger partial charge in [0.25, 0.3) is 0 Å². The van der Waals surface area contributed by atoms with Gasteiger partial charge in [0.2, 0.25) is 0 Å². The maximum Gasteiger partial charge on any atom is 0.101 e.